The maximum absolute atomic E-state index is 14.2. The van der Waals surface area contributed by atoms with Gasteiger partial charge < -0.3 is 0 Å². The summed E-state index contributed by atoms with van der Waals surface area (Å²) in [5, 5.41) is 7.44. The molecule has 0 spiro atoms. The van der Waals surface area contributed by atoms with Crippen LogP contribution in [-0.4, -0.2) is 27.4 Å². The quantitative estimate of drug-likeness (QED) is 0.725. The van der Waals surface area contributed by atoms with Gasteiger partial charge in [-0.25, -0.2) is 4.39 Å². The molecule has 1 aliphatic rings. The van der Waals surface area contributed by atoms with Crippen molar-refractivity contribution < 1.29 is 9.18 Å². The van der Waals surface area contributed by atoms with E-state index in [2.05, 4.69) is 15.1 Å². The fourth-order valence-corrected chi connectivity index (χ4v) is 3.51. The number of benzene rings is 2. The number of hydrogen-bond acceptors (Lipinski definition) is 3. The number of carbonyl (C=O) groups excluding carboxylic acids is 1. The van der Waals surface area contributed by atoms with Gasteiger partial charge in [0.1, 0.15) is 5.82 Å². The first-order valence-corrected chi connectivity index (χ1v) is 8.75. The van der Waals surface area contributed by atoms with Crippen molar-refractivity contribution >= 4 is 5.78 Å². The van der Waals surface area contributed by atoms with Crippen molar-refractivity contribution in [3.05, 3.63) is 76.7 Å². The molecular weight excluding hydrogens is 329 g/mol. The molecule has 4 rings (SSSR count). The number of nitrogens with zero attached hydrogens (tertiary/aromatic N) is 2. The summed E-state index contributed by atoms with van der Waals surface area (Å²) < 4.78 is 14.2. The molecule has 0 saturated heterocycles. The van der Waals surface area contributed by atoms with Crippen LogP contribution in [0.2, 0.25) is 0 Å². The zero-order chi connectivity index (χ0) is 18.1. The minimum Gasteiger partial charge on any atom is -0.295 e. The zero-order valence-corrected chi connectivity index (χ0v) is 14.6. The third-order valence-corrected chi connectivity index (χ3v) is 4.88. The Morgan fingerprint density at radius 3 is 2.88 bits per heavy atom. The Morgan fingerprint density at radius 2 is 2.08 bits per heavy atom. The molecule has 5 heteroatoms. The number of ketones is 1. The van der Waals surface area contributed by atoms with Gasteiger partial charge in [0.2, 0.25) is 0 Å². The molecule has 26 heavy (non-hydrogen) atoms. The van der Waals surface area contributed by atoms with Crippen LogP contribution in [0, 0.1) is 5.82 Å². The maximum atomic E-state index is 14.2. The smallest absolute Gasteiger partial charge is 0.159 e. The van der Waals surface area contributed by atoms with E-state index in [1.807, 2.05) is 30.3 Å². The van der Waals surface area contributed by atoms with Gasteiger partial charge in [-0.1, -0.05) is 30.3 Å². The number of aromatic amines is 1. The second-order valence-electron chi connectivity index (χ2n) is 6.73. The molecular formula is C21H20FN3O. The van der Waals surface area contributed by atoms with Crippen LogP contribution in [0.25, 0.3) is 11.3 Å². The van der Waals surface area contributed by atoms with Gasteiger partial charge in [-0.3, -0.25) is 14.8 Å². The Morgan fingerprint density at radius 1 is 1.23 bits per heavy atom. The van der Waals surface area contributed by atoms with Crippen LogP contribution in [0.1, 0.15) is 34.1 Å². The van der Waals surface area contributed by atoms with Crippen LogP contribution in [0.3, 0.4) is 0 Å². The first-order chi connectivity index (χ1) is 12.6. The Labute approximate surface area is 151 Å². The molecule has 0 fully saturated rings. The highest BCUT2D eigenvalue weighted by molar-refractivity contribution is 5.94. The van der Waals surface area contributed by atoms with E-state index in [4.69, 9.17) is 0 Å². The molecule has 2 heterocycles. The van der Waals surface area contributed by atoms with E-state index < -0.39 is 0 Å². The van der Waals surface area contributed by atoms with E-state index in [0.29, 0.717) is 17.8 Å². The van der Waals surface area contributed by atoms with Gasteiger partial charge in [0.15, 0.2) is 5.78 Å². The second-order valence-corrected chi connectivity index (χ2v) is 6.73. The first kappa shape index (κ1) is 16.7. The van der Waals surface area contributed by atoms with E-state index >= 15 is 0 Å². The summed E-state index contributed by atoms with van der Waals surface area (Å²) in [5.41, 5.74) is 5.21. The average molecular weight is 349 g/mol. The van der Waals surface area contributed by atoms with E-state index in [-0.39, 0.29) is 11.6 Å². The van der Waals surface area contributed by atoms with Gasteiger partial charge in [0, 0.05) is 48.4 Å². The second kappa shape index (κ2) is 6.84. The summed E-state index contributed by atoms with van der Waals surface area (Å²) in [7, 11) is 0. The lowest BCUT2D eigenvalue weighted by molar-refractivity contribution is 0.101. The summed E-state index contributed by atoms with van der Waals surface area (Å²) in [6, 6.07) is 14.5. The topological polar surface area (TPSA) is 49.0 Å². The van der Waals surface area contributed by atoms with Crippen molar-refractivity contribution in [1.29, 1.82) is 0 Å². The van der Waals surface area contributed by atoms with E-state index in [9.17, 15) is 9.18 Å². The fourth-order valence-electron chi connectivity index (χ4n) is 3.51. The lowest BCUT2D eigenvalue weighted by Crippen LogP contribution is -2.30. The number of halogens is 1. The highest BCUT2D eigenvalue weighted by Crippen LogP contribution is 2.30. The Hall–Kier alpha value is -2.79. The Bertz CT molecular complexity index is 963. The number of nitrogens with one attached hydrogen (secondary N) is 1. The molecule has 0 aliphatic carbocycles. The number of fused-ring (bicyclic) bond motifs is 1. The molecule has 1 N–H and O–H groups in total. The third-order valence-electron chi connectivity index (χ3n) is 4.88. The van der Waals surface area contributed by atoms with Gasteiger partial charge in [-0.05, 0) is 30.7 Å². The molecule has 0 bridgehead atoms. The predicted molar refractivity (Wildman–Crippen MR) is 98.2 cm³/mol. The lowest BCUT2D eigenvalue weighted by Gasteiger charge is -2.27. The van der Waals surface area contributed by atoms with Crippen molar-refractivity contribution in [2.45, 2.75) is 26.4 Å². The van der Waals surface area contributed by atoms with Crippen LogP contribution in [-0.2, 0) is 19.5 Å². The summed E-state index contributed by atoms with van der Waals surface area (Å²) in [6.45, 7) is 3.94. The third kappa shape index (κ3) is 3.18. The first-order valence-electron chi connectivity index (χ1n) is 8.75. The largest absolute Gasteiger partial charge is 0.295 e. The van der Waals surface area contributed by atoms with Crippen LogP contribution in [0.15, 0.2) is 48.5 Å². The Balaban J connectivity index is 1.58. The molecule has 2 aromatic carbocycles. The Kier molecular flexibility index (Phi) is 4.39. The number of carbonyl (C=O) groups is 1. The van der Waals surface area contributed by atoms with Crippen molar-refractivity contribution in [3.8, 4) is 11.3 Å². The molecule has 0 radical (unpaired) electrons. The number of H-pyrrole nitrogens is 1. The molecule has 132 valence electrons. The monoisotopic (exact) mass is 349 g/mol. The molecule has 0 saturated carbocycles. The highest BCUT2D eigenvalue weighted by atomic mass is 19.1. The van der Waals surface area contributed by atoms with Crippen LogP contribution < -0.4 is 0 Å². The van der Waals surface area contributed by atoms with Crippen molar-refractivity contribution in [1.82, 2.24) is 15.1 Å². The van der Waals surface area contributed by atoms with Crippen molar-refractivity contribution in [2.75, 3.05) is 6.54 Å². The maximum Gasteiger partial charge on any atom is 0.159 e. The van der Waals surface area contributed by atoms with E-state index in [1.54, 1.807) is 19.1 Å². The predicted octanol–water partition coefficient (Wildman–Crippen LogP) is 3.98. The molecule has 3 aromatic rings. The molecule has 0 unspecified atom stereocenters. The van der Waals surface area contributed by atoms with Crippen LogP contribution in [0.4, 0.5) is 4.39 Å². The van der Waals surface area contributed by atoms with Gasteiger partial charge >= 0.3 is 0 Å². The molecule has 1 aromatic heterocycles. The minimum atomic E-state index is -0.256. The van der Waals surface area contributed by atoms with Crippen molar-refractivity contribution in [2.24, 2.45) is 0 Å². The molecule has 0 amide bonds. The van der Waals surface area contributed by atoms with Gasteiger partial charge in [-0.2, -0.15) is 5.10 Å². The summed E-state index contributed by atoms with van der Waals surface area (Å²) in [6.07, 6.45) is 0.850. The standard InChI is InChI=1S/C21H20FN3O/c1-14(26)16-6-4-5-15(11-16)12-25-10-9-20-18(13-25)21(24-23-20)17-7-2-3-8-19(17)22/h2-8,11H,9-10,12-13H2,1H3,(H,23,24). The highest BCUT2D eigenvalue weighted by Gasteiger charge is 2.24. The molecule has 1 aliphatic heterocycles. The number of Topliss-reactive ketones (excluding diaryl/α,β-unsaturated/α-hetero) is 1. The van der Waals surface area contributed by atoms with E-state index in [1.165, 1.54) is 6.07 Å². The summed E-state index contributed by atoms with van der Waals surface area (Å²) in [5.74, 6) is -0.183. The van der Waals surface area contributed by atoms with Crippen LogP contribution in [0.5, 0.6) is 0 Å². The van der Waals surface area contributed by atoms with Gasteiger partial charge in [0.25, 0.3) is 0 Å². The minimum absolute atomic E-state index is 0.0736. The number of hydrogen-bond donors (Lipinski definition) is 1. The molecule has 4 nitrogen and oxygen atoms in total. The normalized spacial score (nSPS) is 14.2. The van der Waals surface area contributed by atoms with E-state index in [0.717, 1.165) is 41.9 Å². The number of rotatable bonds is 4. The summed E-state index contributed by atoms with van der Waals surface area (Å²) in [4.78, 5) is 13.9. The lowest BCUT2D eigenvalue weighted by atomic mass is 10.00. The van der Waals surface area contributed by atoms with Crippen molar-refractivity contribution in [3.63, 3.8) is 0 Å². The SMILES string of the molecule is CC(=O)c1cccc(CN2CCc3[nH]nc(-c4ccccc4F)c3C2)c1. The average Bonchev–Trinajstić information content (AvgIpc) is 3.05. The fraction of sp³-hybridized carbons (Fsp3) is 0.238. The van der Waals surface area contributed by atoms with Gasteiger partial charge in [-0.15, -0.1) is 0 Å². The molecule has 0 atom stereocenters. The number of aromatic nitrogens is 2. The van der Waals surface area contributed by atoms with Crippen LogP contribution >= 0.6 is 0 Å². The zero-order valence-electron chi connectivity index (χ0n) is 14.6. The van der Waals surface area contributed by atoms with Gasteiger partial charge in [0.05, 0.1) is 5.69 Å². The summed E-state index contributed by atoms with van der Waals surface area (Å²) >= 11 is 0.